The quantitative estimate of drug-likeness (QED) is 0.233. The van der Waals surface area contributed by atoms with Crippen LogP contribution in [0.5, 0.6) is 5.75 Å². The van der Waals surface area contributed by atoms with Gasteiger partial charge < -0.3 is 25.7 Å². The highest BCUT2D eigenvalue weighted by Gasteiger charge is 2.33. The fourth-order valence-electron chi connectivity index (χ4n) is 4.07. The molecular formula is C33H41N3O5S. The zero-order chi connectivity index (χ0) is 30.5. The van der Waals surface area contributed by atoms with E-state index in [4.69, 9.17) is 0 Å². The van der Waals surface area contributed by atoms with Gasteiger partial charge in [-0.3, -0.25) is 14.4 Å². The molecule has 0 aromatic heterocycles. The highest BCUT2D eigenvalue weighted by molar-refractivity contribution is 7.99. The van der Waals surface area contributed by atoms with Crippen molar-refractivity contribution >= 4 is 29.5 Å². The Morgan fingerprint density at radius 3 is 2.10 bits per heavy atom. The van der Waals surface area contributed by atoms with Crippen LogP contribution in [0.4, 0.5) is 0 Å². The first-order chi connectivity index (χ1) is 20.2. The van der Waals surface area contributed by atoms with Gasteiger partial charge in [0, 0.05) is 22.4 Å². The first-order valence-electron chi connectivity index (χ1n) is 14.2. The van der Waals surface area contributed by atoms with Crippen molar-refractivity contribution in [3.8, 4) is 5.75 Å². The van der Waals surface area contributed by atoms with Crippen LogP contribution >= 0.6 is 11.8 Å². The lowest BCUT2D eigenvalue weighted by molar-refractivity contribution is -0.143. The van der Waals surface area contributed by atoms with Crippen molar-refractivity contribution in [2.24, 2.45) is 0 Å². The summed E-state index contributed by atoms with van der Waals surface area (Å²) in [6.07, 6.45) is 0.496. The first-order valence-corrected chi connectivity index (χ1v) is 15.2. The minimum atomic E-state index is -1.58. The van der Waals surface area contributed by atoms with Crippen LogP contribution in [0.15, 0.2) is 84.9 Å². The highest BCUT2D eigenvalue weighted by atomic mass is 32.2. The van der Waals surface area contributed by atoms with Gasteiger partial charge in [-0.25, -0.2) is 0 Å². The second-order valence-corrected chi connectivity index (χ2v) is 12.1. The number of hydrogen-bond acceptors (Lipinski definition) is 6. The number of hydrogen-bond donors (Lipinski definition) is 4. The topological polar surface area (TPSA) is 119 Å². The van der Waals surface area contributed by atoms with Gasteiger partial charge in [0.1, 0.15) is 12.3 Å². The molecule has 1 aliphatic rings. The molecule has 0 heterocycles. The Morgan fingerprint density at radius 1 is 0.929 bits per heavy atom. The van der Waals surface area contributed by atoms with Crippen LogP contribution in [-0.4, -0.2) is 68.7 Å². The molecule has 2 atom stereocenters. The van der Waals surface area contributed by atoms with Crippen molar-refractivity contribution in [1.82, 2.24) is 15.5 Å². The second kappa shape index (κ2) is 16.6. The highest BCUT2D eigenvalue weighted by Crippen LogP contribution is 2.21. The zero-order valence-electron chi connectivity index (χ0n) is 24.4. The molecule has 224 valence electrons. The number of thioether (sulfide) groups is 1. The van der Waals surface area contributed by atoms with Gasteiger partial charge in [-0.15, -0.1) is 11.8 Å². The van der Waals surface area contributed by atoms with Crippen molar-refractivity contribution in [2.45, 2.75) is 63.5 Å². The van der Waals surface area contributed by atoms with Crippen molar-refractivity contribution in [3.05, 3.63) is 102 Å². The van der Waals surface area contributed by atoms with Crippen LogP contribution in [0, 0.1) is 6.92 Å². The normalized spacial score (nSPS) is 13.7. The summed E-state index contributed by atoms with van der Waals surface area (Å²) in [5.74, 6) is -1.17. The summed E-state index contributed by atoms with van der Waals surface area (Å²) in [5.41, 5.74) is 1.49. The van der Waals surface area contributed by atoms with Crippen LogP contribution in [0.25, 0.3) is 0 Å². The van der Waals surface area contributed by atoms with E-state index >= 15 is 0 Å². The van der Waals surface area contributed by atoms with Gasteiger partial charge in [-0.1, -0.05) is 86.6 Å². The summed E-state index contributed by atoms with van der Waals surface area (Å²) in [7, 11) is 0. The zero-order valence-corrected chi connectivity index (χ0v) is 25.2. The molecule has 3 amide bonds. The smallest absolute Gasteiger partial charge is 0.254 e. The molecule has 4 N–H and O–H groups in total. The summed E-state index contributed by atoms with van der Waals surface area (Å²) < 4.78 is 0. The van der Waals surface area contributed by atoms with Crippen LogP contribution in [0.1, 0.15) is 48.2 Å². The number of nitrogens with one attached hydrogen (secondary N) is 2. The van der Waals surface area contributed by atoms with Gasteiger partial charge >= 0.3 is 0 Å². The molecule has 0 spiro atoms. The van der Waals surface area contributed by atoms with Crippen LogP contribution < -0.4 is 10.6 Å². The second-order valence-electron chi connectivity index (χ2n) is 10.5. The molecule has 0 aliphatic heterocycles. The van der Waals surface area contributed by atoms with E-state index in [0.717, 1.165) is 18.4 Å². The minimum Gasteiger partial charge on any atom is -0.508 e. The standard InChI is InChI=1S/C27H35N3O5S.C6H6/c1-17(2)36-16-30(15-24(32)28-20-12-13-20)27(35)25(33)22(14-19-8-5-4-6-9-19)29-26(34)21-10-7-11-23(31)18(21)3;1-2-4-6-5-3-1/h4-11,17,20,22,25,31,33H,12-16H2,1-3H3,(H,28,32)(H,29,34);1-6H/t22-,25-;/m0./s1. The Morgan fingerprint density at radius 2 is 1.52 bits per heavy atom. The van der Waals surface area contributed by atoms with Crippen molar-refractivity contribution < 1.29 is 24.6 Å². The molecule has 3 aromatic rings. The van der Waals surface area contributed by atoms with Gasteiger partial charge in [-0.2, -0.15) is 0 Å². The number of nitrogens with zero attached hydrogens (tertiary/aromatic N) is 1. The molecular weight excluding hydrogens is 550 g/mol. The van der Waals surface area contributed by atoms with Gasteiger partial charge in [0.15, 0.2) is 6.10 Å². The molecule has 1 aliphatic carbocycles. The molecule has 0 bridgehead atoms. The molecule has 8 nitrogen and oxygen atoms in total. The summed E-state index contributed by atoms with van der Waals surface area (Å²) in [6.45, 7) is 5.44. The lowest BCUT2D eigenvalue weighted by Gasteiger charge is -2.30. The average molecular weight is 592 g/mol. The Hall–Kier alpha value is -3.82. The SMILES string of the molecule is Cc1c(O)cccc1C(=O)N[C@@H](Cc1ccccc1)[C@H](O)C(=O)N(CSC(C)C)CC(=O)NC1CC1.c1ccccc1. The first kappa shape index (κ1) is 32.7. The fraction of sp³-hybridized carbons (Fsp3) is 0.364. The lowest BCUT2D eigenvalue weighted by Crippen LogP contribution is -2.54. The molecule has 4 rings (SSSR count). The molecule has 1 saturated carbocycles. The number of phenols is 1. The van der Waals surface area contributed by atoms with Crippen LogP contribution in [0.3, 0.4) is 0 Å². The maximum absolute atomic E-state index is 13.5. The number of carbonyl (C=O) groups is 3. The van der Waals surface area contributed by atoms with E-state index in [9.17, 15) is 24.6 Å². The Labute approximate surface area is 252 Å². The van der Waals surface area contributed by atoms with E-state index in [2.05, 4.69) is 10.6 Å². The molecule has 1 fully saturated rings. The third-order valence-corrected chi connectivity index (χ3v) is 7.75. The summed E-state index contributed by atoms with van der Waals surface area (Å²) in [4.78, 5) is 40.4. The van der Waals surface area contributed by atoms with Crippen LogP contribution in [-0.2, 0) is 16.0 Å². The van der Waals surface area contributed by atoms with Gasteiger partial charge in [0.2, 0.25) is 5.91 Å². The average Bonchev–Trinajstić information content (AvgIpc) is 3.81. The van der Waals surface area contributed by atoms with E-state index in [-0.39, 0.29) is 47.4 Å². The van der Waals surface area contributed by atoms with Gasteiger partial charge in [0.25, 0.3) is 11.8 Å². The van der Waals surface area contributed by atoms with Crippen molar-refractivity contribution in [1.29, 1.82) is 0 Å². The maximum atomic E-state index is 13.5. The third kappa shape index (κ3) is 10.9. The van der Waals surface area contributed by atoms with E-state index in [0.29, 0.717) is 5.56 Å². The Kier molecular flexibility index (Phi) is 12.9. The van der Waals surface area contributed by atoms with Crippen molar-refractivity contribution in [2.75, 3.05) is 12.4 Å². The molecule has 9 heteroatoms. The van der Waals surface area contributed by atoms with Crippen molar-refractivity contribution in [3.63, 3.8) is 0 Å². The number of aliphatic hydroxyl groups excluding tert-OH is 1. The number of aromatic hydroxyl groups is 1. The Bertz CT molecular complexity index is 1260. The molecule has 0 saturated heterocycles. The summed E-state index contributed by atoms with van der Waals surface area (Å²) in [6, 6.07) is 25.1. The maximum Gasteiger partial charge on any atom is 0.254 e. The lowest BCUT2D eigenvalue weighted by atomic mass is 9.99. The monoisotopic (exact) mass is 591 g/mol. The number of amides is 3. The molecule has 3 aromatic carbocycles. The number of phenolic OH excluding ortho intramolecular Hbond substituents is 1. The van der Waals surface area contributed by atoms with Gasteiger partial charge in [0.05, 0.1) is 11.9 Å². The third-order valence-electron chi connectivity index (χ3n) is 6.62. The summed E-state index contributed by atoms with van der Waals surface area (Å²) in [5, 5.41) is 27.1. The molecule has 42 heavy (non-hydrogen) atoms. The van der Waals surface area contributed by atoms with E-state index < -0.39 is 24.0 Å². The number of aliphatic hydroxyl groups is 1. The van der Waals surface area contributed by atoms with E-state index in [1.807, 2.05) is 80.6 Å². The number of carbonyl (C=O) groups excluding carboxylic acids is 3. The van der Waals surface area contributed by atoms with Gasteiger partial charge in [-0.05, 0) is 43.9 Å². The van der Waals surface area contributed by atoms with E-state index in [1.165, 1.54) is 22.7 Å². The molecule has 0 unspecified atom stereocenters. The van der Waals surface area contributed by atoms with E-state index in [1.54, 1.807) is 19.1 Å². The number of benzene rings is 3. The largest absolute Gasteiger partial charge is 0.508 e. The van der Waals surface area contributed by atoms with Crippen LogP contribution in [0.2, 0.25) is 0 Å². The Balaban J connectivity index is 0.000000715. The minimum absolute atomic E-state index is 0.0163. The summed E-state index contributed by atoms with van der Waals surface area (Å²) >= 11 is 1.49. The fourth-order valence-corrected chi connectivity index (χ4v) is 4.77. The predicted molar refractivity (Wildman–Crippen MR) is 167 cm³/mol. The molecule has 0 radical (unpaired) electrons. The number of rotatable bonds is 12. The predicted octanol–water partition coefficient (Wildman–Crippen LogP) is 4.30.